The summed E-state index contributed by atoms with van der Waals surface area (Å²) in [6, 6.07) is 15.8. The quantitative estimate of drug-likeness (QED) is 0.282. The number of hydrogen-bond acceptors (Lipinski definition) is 7. The molecule has 12 heteroatoms. The molecule has 0 unspecified atom stereocenters. The molecule has 5 aromatic heterocycles. The van der Waals surface area contributed by atoms with Gasteiger partial charge in [0, 0.05) is 67.5 Å². The molecule has 0 fully saturated rings. The predicted octanol–water partition coefficient (Wildman–Crippen LogP) is 4.62. The van der Waals surface area contributed by atoms with E-state index in [9.17, 15) is 14.4 Å². The number of carbonyl (C=O) groups excluding carboxylic acids is 2. The monoisotopic (exact) mass is 576 g/mol. The lowest BCUT2D eigenvalue weighted by atomic mass is 10.1. The molecule has 0 radical (unpaired) electrons. The Labute approximate surface area is 245 Å². The van der Waals surface area contributed by atoms with Gasteiger partial charge in [-0.3, -0.25) is 24.0 Å². The second-order valence-corrected chi connectivity index (χ2v) is 9.99. The number of pyridine rings is 2. The first-order chi connectivity index (χ1) is 20.7. The van der Waals surface area contributed by atoms with E-state index in [1.807, 2.05) is 35.8 Å². The highest BCUT2D eigenvalue weighted by Gasteiger charge is 2.21. The zero-order chi connectivity index (χ0) is 30.2. The van der Waals surface area contributed by atoms with E-state index in [2.05, 4.69) is 25.7 Å². The Hall–Kier alpha value is -5.78. The van der Waals surface area contributed by atoms with E-state index >= 15 is 0 Å². The molecule has 0 spiro atoms. The molecule has 0 saturated heterocycles. The number of hydrogen-bond donors (Lipinski definition) is 2. The van der Waals surface area contributed by atoms with Crippen LogP contribution in [0.2, 0.25) is 0 Å². The highest BCUT2D eigenvalue weighted by molar-refractivity contribution is 6.12. The molecule has 216 valence electrons. The molecule has 0 aliphatic rings. The number of fused-ring (bicyclic) bond motifs is 1. The van der Waals surface area contributed by atoms with E-state index < -0.39 is 5.91 Å². The van der Waals surface area contributed by atoms with E-state index in [1.54, 1.807) is 74.6 Å². The molecular weight excluding hydrogens is 548 g/mol. The summed E-state index contributed by atoms with van der Waals surface area (Å²) in [5.74, 6) is 0.188. The molecule has 2 N–H and O–H groups in total. The van der Waals surface area contributed by atoms with E-state index in [0.717, 1.165) is 11.1 Å². The zero-order valence-electron chi connectivity index (χ0n) is 24.0. The Kier molecular flexibility index (Phi) is 6.94. The van der Waals surface area contributed by atoms with Crippen molar-refractivity contribution in [3.8, 4) is 22.5 Å². The van der Waals surface area contributed by atoms with Crippen molar-refractivity contribution in [1.29, 1.82) is 0 Å². The Morgan fingerprint density at radius 2 is 1.81 bits per heavy atom. The van der Waals surface area contributed by atoms with Gasteiger partial charge in [-0.15, -0.1) is 0 Å². The first-order valence-electron chi connectivity index (χ1n) is 13.6. The first-order valence-corrected chi connectivity index (χ1v) is 13.6. The summed E-state index contributed by atoms with van der Waals surface area (Å²) in [6.07, 6.45) is 4.97. The Morgan fingerprint density at radius 1 is 0.977 bits per heavy atom. The van der Waals surface area contributed by atoms with Crippen molar-refractivity contribution in [3.05, 3.63) is 101 Å². The Balaban J connectivity index is 1.29. The average molecular weight is 577 g/mol. The van der Waals surface area contributed by atoms with Gasteiger partial charge in [-0.1, -0.05) is 12.1 Å². The van der Waals surface area contributed by atoms with Crippen LogP contribution in [0.1, 0.15) is 33.5 Å². The van der Waals surface area contributed by atoms with E-state index in [1.165, 1.54) is 4.74 Å². The number of anilines is 2. The second-order valence-electron chi connectivity index (χ2n) is 9.99. The molecular formula is C31H28N8O4. The third-order valence-electron chi connectivity index (χ3n) is 7.12. The lowest BCUT2D eigenvalue weighted by Crippen LogP contribution is -2.17. The molecule has 0 bridgehead atoms. The van der Waals surface area contributed by atoms with Crippen LogP contribution in [0.15, 0.2) is 82.5 Å². The number of benzene rings is 1. The molecule has 5 heterocycles. The molecule has 2 amide bonds. The number of carbonyl (C=O) groups is 2. The van der Waals surface area contributed by atoms with Crippen LogP contribution in [-0.2, 0) is 20.6 Å². The third kappa shape index (κ3) is 5.10. The summed E-state index contributed by atoms with van der Waals surface area (Å²) in [6.45, 7) is 4.28. The van der Waals surface area contributed by atoms with Gasteiger partial charge in [-0.25, -0.2) is 4.98 Å². The summed E-state index contributed by atoms with van der Waals surface area (Å²) in [4.78, 5) is 47.8. The lowest BCUT2D eigenvalue weighted by molar-refractivity contribution is 0.101. The normalized spacial score (nSPS) is 11.2. The number of amides is 2. The van der Waals surface area contributed by atoms with Crippen molar-refractivity contribution in [1.82, 2.24) is 29.1 Å². The van der Waals surface area contributed by atoms with Crippen LogP contribution in [0, 0.1) is 6.92 Å². The minimum Gasteiger partial charge on any atom is -0.381 e. The molecule has 1 aromatic carbocycles. The second kappa shape index (κ2) is 10.9. The summed E-state index contributed by atoms with van der Waals surface area (Å²) < 4.78 is 10.2. The van der Waals surface area contributed by atoms with E-state index in [0.29, 0.717) is 51.7 Å². The van der Waals surface area contributed by atoms with Crippen LogP contribution in [0.25, 0.3) is 33.4 Å². The van der Waals surface area contributed by atoms with Crippen molar-refractivity contribution >= 4 is 34.2 Å². The van der Waals surface area contributed by atoms with Crippen LogP contribution in [0.3, 0.4) is 0 Å². The predicted molar refractivity (Wildman–Crippen MR) is 162 cm³/mol. The minimum atomic E-state index is -0.415. The maximum atomic E-state index is 13.5. The van der Waals surface area contributed by atoms with Crippen molar-refractivity contribution in [3.63, 3.8) is 0 Å². The summed E-state index contributed by atoms with van der Waals surface area (Å²) in [5, 5.41) is 10.6. The fraction of sp³-hybridized carbons (Fsp3) is 0.161. The van der Waals surface area contributed by atoms with Gasteiger partial charge in [0.15, 0.2) is 11.5 Å². The van der Waals surface area contributed by atoms with Gasteiger partial charge in [0.2, 0.25) is 0 Å². The molecule has 0 atom stereocenters. The average Bonchev–Trinajstić information content (AvgIpc) is 3.66. The SMILES string of the molecule is CCn1c(-c2ccc(-c3c(C)on(C)c3=O)cn2)cc2ccnc(C(=O)Nc3cccc(C(=O)Nc4ccn(C)n4)c3)c21. The Bertz CT molecular complexity index is 2060. The molecule has 43 heavy (non-hydrogen) atoms. The summed E-state index contributed by atoms with van der Waals surface area (Å²) in [5.41, 5.74) is 4.10. The maximum Gasteiger partial charge on any atom is 0.290 e. The van der Waals surface area contributed by atoms with Gasteiger partial charge in [0.05, 0.1) is 22.5 Å². The van der Waals surface area contributed by atoms with Gasteiger partial charge in [-0.05, 0) is 50.2 Å². The molecule has 6 rings (SSSR count). The lowest BCUT2D eigenvalue weighted by Gasteiger charge is -2.11. The summed E-state index contributed by atoms with van der Waals surface area (Å²) >= 11 is 0. The number of nitrogens with zero attached hydrogens (tertiary/aromatic N) is 6. The van der Waals surface area contributed by atoms with Gasteiger partial charge >= 0.3 is 0 Å². The largest absolute Gasteiger partial charge is 0.381 e. The first kappa shape index (κ1) is 27.4. The Morgan fingerprint density at radius 3 is 2.49 bits per heavy atom. The fourth-order valence-corrected chi connectivity index (χ4v) is 5.14. The van der Waals surface area contributed by atoms with Crippen molar-refractivity contribution < 1.29 is 14.1 Å². The topological polar surface area (TPSA) is 142 Å². The van der Waals surface area contributed by atoms with Crippen molar-refractivity contribution in [2.75, 3.05) is 10.6 Å². The maximum absolute atomic E-state index is 13.5. The smallest absolute Gasteiger partial charge is 0.290 e. The zero-order valence-corrected chi connectivity index (χ0v) is 24.0. The highest BCUT2D eigenvalue weighted by atomic mass is 16.5. The van der Waals surface area contributed by atoms with Crippen LogP contribution < -0.4 is 16.2 Å². The molecule has 0 aliphatic heterocycles. The number of rotatable bonds is 7. The van der Waals surface area contributed by atoms with Crippen LogP contribution in [-0.4, -0.2) is 40.9 Å². The molecule has 0 aliphatic carbocycles. The van der Waals surface area contributed by atoms with E-state index in [-0.39, 0.29) is 17.2 Å². The van der Waals surface area contributed by atoms with Crippen LogP contribution in [0.4, 0.5) is 11.5 Å². The van der Waals surface area contributed by atoms with Gasteiger partial charge in [0.25, 0.3) is 17.4 Å². The molecule has 6 aromatic rings. The van der Waals surface area contributed by atoms with Crippen LogP contribution in [0.5, 0.6) is 0 Å². The van der Waals surface area contributed by atoms with Gasteiger partial charge in [-0.2, -0.15) is 9.84 Å². The van der Waals surface area contributed by atoms with E-state index in [4.69, 9.17) is 4.52 Å². The molecule has 0 saturated carbocycles. The van der Waals surface area contributed by atoms with Crippen LogP contribution >= 0.6 is 0 Å². The fourth-order valence-electron chi connectivity index (χ4n) is 5.14. The van der Waals surface area contributed by atoms with Crippen molar-refractivity contribution in [2.24, 2.45) is 14.1 Å². The highest BCUT2D eigenvalue weighted by Crippen LogP contribution is 2.30. The van der Waals surface area contributed by atoms with Gasteiger partial charge < -0.3 is 19.7 Å². The standard InChI is InChI=1S/C31H28N8O4/c1-5-39-24(23-10-9-21(17-33-23)26-18(2)43-38(4)31(26)42)16-19-11-13-32-27(28(19)39)30(41)34-22-8-6-7-20(15-22)29(40)35-25-12-14-37(3)36-25/h6-17H,5H2,1-4H3,(H,34,41)(H,35,36,40). The third-order valence-corrected chi connectivity index (χ3v) is 7.12. The number of aryl methyl sites for hydroxylation is 4. The van der Waals surface area contributed by atoms with Crippen molar-refractivity contribution in [2.45, 2.75) is 20.4 Å². The number of nitrogens with one attached hydrogen (secondary N) is 2. The minimum absolute atomic E-state index is 0.226. The summed E-state index contributed by atoms with van der Waals surface area (Å²) in [7, 11) is 3.33. The van der Waals surface area contributed by atoms with Gasteiger partial charge in [0.1, 0.15) is 5.76 Å². The number of aromatic nitrogens is 6. The molecule has 12 nitrogen and oxygen atoms in total.